The molecule has 1 heterocycles. The molecule has 1 aliphatic heterocycles. The summed E-state index contributed by atoms with van der Waals surface area (Å²) in [5.41, 5.74) is 0.816. The third-order valence-corrected chi connectivity index (χ3v) is 5.78. The minimum atomic E-state index is -2.27. The topological polar surface area (TPSA) is 77.1 Å². The fourth-order valence-electron chi connectivity index (χ4n) is 3.21. The summed E-state index contributed by atoms with van der Waals surface area (Å²) in [7, 11) is 0. The van der Waals surface area contributed by atoms with Crippen LogP contribution < -0.4 is 10.1 Å². The van der Waals surface area contributed by atoms with Crippen LogP contribution in [-0.4, -0.2) is 39.7 Å². The smallest absolute Gasteiger partial charge is 0.422 e. The Balaban J connectivity index is 1.63. The Morgan fingerprint density at radius 1 is 1.03 bits per heavy atom. The molecular formula is C21H18Cl6N2O5. The number of carbonyl (C=O) groups excluding carboxylic acids is 2. The van der Waals surface area contributed by atoms with Crippen molar-refractivity contribution in [2.75, 3.05) is 6.54 Å². The van der Waals surface area contributed by atoms with E-state index in [4.69, 9.17) is 83.9 Å². The zero-order valence-corrected chi connectivity index (χ0v) is 21.8. The van der Waals surface area contributed by atoms with Crippen molar-refractivity contribution in [1.82, 2.24) is 10.4 Å². The van der Waals surface area contributed by atoms with Gasteiger partial charge in [-0.25, -0.2) is 9.59 Å². The van der Waals surface area contributed by atoms with Gasteiger partial charge in [0.05, 0.1) is 16.1 Å². The van der Waals surface area contributed by atoms with Gasteiger partial charge < -0.3 is 14.8 Å². The number of ether oxygens (including phenoxy) is 2. The van der Waals surface area contributed by atoms with Crippen molar-refractivity contribution in [1.29, 1.82) is 0 Å². The molecule has 0 bridgehead atoms. The molecule has 1 aliphatic rings. The molecule has 7 nitrogen and oxygen atoms in total. The van der Waals surface area contributed by atoms with Crippen LogP contribution in [0.15, 0.2) is 42.5 Å². The Morgan fingerprint density at radius 3 is 2.24 bits per heavy atom. The van der Waals surface area contributed by atoms with Crippen LogP contribution in [0.3, 0.4) is 0 Å². The summed E-state index contributed by atoms with van der Waals surface area (Å²) in [6.45, 7) is 0.247. The van der Waals surface area contributed by atoms with Gasteiger partial charge in [0.25, 0.3) is 0 Å². The third kappa shape index (κ3) is 7.93. The van der Waals surface area contributed by atoms with Crippen molar-refractivity contribution in [2.24, 2.45) is 0 Å². The maximum Gasteiger partial charge on any atom is 0.437 e. The van der Waals surface area contributed by atoms with Crippen molar-refractivity contribution < 1.29 is 23.9 Å². The summed E-state index contributed by atoms with van der Waals surface area (Å²) in [6, 6.07) is 10.8. The van der Waals surface area contributed by atoms with Gasteiger partial charge in [0.2, 0.25) is 0 Å². The lowest BCUT2D eigenvalue weighted by molar-refractivity contribution is -0.176. The highest BCUT2D eigenvalue weighted by Gasteiger charge is 2.37. The number of esters is 1. The fraction of sp³-hybridized carbons (Fsp3) is 0.333. The number of hydrogen-bond acceptors (Lipinski definition) is 6. The number of rotatable bonds is 6. The van der Waals surface area contributed by atoms with Gasteiger partial charge in [0.15, 0.2) is 5.75 Å². The zero-order valence-electron chi connectivity index (χ0n) is 17.3. The van der Waals surface area contributed by atoms with E-state index in [-0.39, 0.29) is 28.9 Å². The minimum absolute atomic E-state index is 0.0146. The highest BCUT2D eigenvalue weighted by atomic mass is 35.6. The summed E-state index contributed by atoms with van der Waals surface area (Å²) in [4.78, 5) is 30.9. The first-order valence-corrected chi connectivity index (χ1v) is 12.2. The van der Waals surface area contributed by atoms with E-state index >= 15 is 0 Å². The first kappa shape index (κ1) is 27.4. The van der Waals surface area contributed by atoms with Crippen LogP contribution in [0.2, 0.25) is 15.1 Å². The highest BCUT2D eigenvalue weighted by Crippen LogP contribution is 2.36. The maximum atomic E-state index is 12.6. The van der Waals surface area contributed by atoms with Crippen molar-refractivity contribution in [3.05, 3.63) is 63.1 Å². The van der Waals surface area contributed by atoms with E-state index in [2.05, 4.69) is 5.32 Å². The minimum Gasteiger partial charge on any atom is -0.422 e. The molecule has 0 radical (unpaired) electrons. The van der Waals surface area contributed by atoms with Crippen LogP contribution in [0, 0.1) is 0 Å². The predicted octanol–water partition coefficient (Wildman–Crippen LogP) is 6.57. The van der Waals surface area contributed by atoms with Gasteiger partial charge in [0.1, 0.15) is 12.6 Å². The second kappa shape index (κ2) is 12.2. The largest absolute Gasteiger partial charge is 0.437 e. The number of piperidine rings is 1. The summed E-state index contributed by atoms with van der Waals surface area (Å²) in [5.74, 6) is -0.578. The monoisotopic (exact) mass is 588 g/mol. The van der Waals surface area contributed by atoms with Crippen LogP contribution in [-0.2, 0) is 21.0 Å². The van der Waals surface area contributed by atoms with Crippen molar-refractivity contribution in [2.45, 2.75) is 35.5 Å². The van der Waals surface area contributed by atoms with Crippen molar-refractivity contribution in [3.63, 3.8) is 0 Å². The quantitative estimate of drug-likeness (QED) is 0.177. The molecule has 0 aliphatic carbocycles. The van der Waals surface area contributed by atoms with Crippen LogP contribution in [0.5, 0.6) is 5.75 Å². The number of benzene rings is 2. The van der Waals surface area contributed by atoms with Gasteiger partial charge in [-0.05, 0) is 65.3 Å². The van der Waals surface area contributed by atoms with Crippen LogP contribution in [0.25, 0.3) is 0 Å². The zero-order chi connectivity index (χ0) is 24.9. The Morgan fingerprint density at radius 2 is 1.68 bits per heavy atom. The SMILES string of the molecule is O=C(Oc1c(Cl)cc(Cl)cc1Cl)[C@@H]1CC[C@@H](N(OCc2ccccc2)C(=O)OC(Cl)(Cl)Cl)CN1. The van der Waals surface area contributed by atoms with E-state index in [0.29, 0.717) is 17.9 Å². The number of hydrogen-bond donors (Lipinski definition) is 1. The average molecular weight is 591 g/mol. The normalized spacial score (nSPS) is 18.3. The van der Waals surface area contributed by atoms with E-state index in [1.165, 1.54) is 12.1 Å². The van der Waals surface area contributed by atoms with E-state index < -0.39 is 28.1 Å². The van der Waals surface area contributed by atoms with Crippen LogP contribution >= 0.6 is 69.6 Å². The van der Waals surface area contributed by atoms with E-state index in [1.807, 2.05) is 30.3 Å². The van der Waals surface area contributed by atoms with Gasteiger partial charge >= 0.3 is 16.0 Å². The molecule has 0 aromatic heterocycles. The number of amides is 1. The van der Waals surface area contributed by atoms with Gasteiger partial charge in [-0.2, -0.15) is 5.06 Å². The molecule has 0 unspecified atom stereocenters. The first-order valence-electron chi connectivity index (χ1n) is 9.89. The summed E-state index contributed by atoms with van der Waals surface area (Å²) in [6.07, 6.45) is -0.319. The average Bonchev–Trinajstić information content (AvgIpc) is 2.76. The molecule has 1 N–H and O–H groups in total. The number of hydroxylamine groups is 2. The summed E-state index contributed by atoms with van der Waals surface area (Å²) >= 11 is 34.9. The van der Waals surface area contributed by atoms with E-state index in [0.717, 1.165) is 10.6 Å². The Kier molecular flexibility index (Phi) is 9.83. The molecule has 0 spiro atoms. The molecule has 1 fully saturated rings. The summed E-state index contributed by atoms with van der Waals surface area (Å²) in [5, 5.41) is 4.54. The molecular weight excluding hydrogens is 573 g/mol. The molecule has 3 rings (SSSR count). The van der Waals surface area contributed by atoms with Gasteiger partial charge in [-0.1, -0.05) is 65.1 Å². The van der Waals surface area contributed by atoms with Gasteiger partial charge in [-0.3, -0.25) is 4.84 Å². The number of carbonyl (C=O) groups is 2. The number of nitrogens with one attached hydrogen (secondary N) is 1. The summed E-state index contributed by atoms with van der Waals surface area (Å²) < 4.78 is 7.93. The van der Waals surface area contributed by atoms with Gasteiger partial charge in [-0.15, -0.1) is 0 Å². The predicted molar refractivity (Wildman–Crippen MR) is 132 cm³/mol. The maximum absolute atomic E-state index is 12.6. The standard InChI is InChI=1S/C21H18Cl6N2O5/c22-13-8-15(23)18(16(24)9-13)33-19(30)17-7-6-14(10-28-17)29(20(31)34-21(25,26)27)32-11-12-4-2-1-3-5-12/h1-5,8-9,14,17,28H,6-7,10-11H2/t14-,17+/m1/s1. The van der Waals surface area contributed by atoms with Crippen LogP contribution in [0.1, 0.15) is 18.4 Å². The van der Waals surface area contributed by atoms with Crippen molar-refractivity contribution in [3.8, 4) is 5.75 Å². The lowest BCUT2D eigenvalue weighted by Gasteiger charge is -2.35. The Hall–Kier alpha value is -1.16. The molecule has 2 atom stereocenters. The van der Waals surface area contributed by atoms with Crippen molar-refractivity contribution >= 4 is 81.7 Å². The molecule has 0 saturated carbocycles. The number of alkyl halides is 3. The number of halogens is 6. The molecule has 34 heavy (non-hydrogen) atoms. The molecule has 1 amide bonds. The third-order valence-electron chi connectivity index (χ3n) is 4.77. The second-order valence-electron chi connectivity index (χ2n) is 7.21. The van der Waals surface area contributed by atoms with Crippen LogP contribution in [0.4, 0.5) is 4.79 Å². The molecule has 13 heteroatoms. The van der Waals surface area contributed by atoms with Gasteiger partial charge in [0, 0.05) is 11.6 Å². The lowest BCUT2D eigenvalue weighted by atomic mass is 10.0. The Labute approximate surface area is 226 Å². The lowest BCUT2D eigenvalue weighted by Crippen LogP contribution is -2.54. The number of nitrogens with zero attached hydrogens (tertiary/aromatic N) is 1. The first-order chi connectivity index (χ1) is 16.0. The van der Waals surface area contributed by atoms with E-state index in [9.17, 15) is 9.59 Å². The molecule has 184 valence electrons. The molecule has 1 saturated heterocycles. The Bertz CT molecular complexity index is 989. The molecule has 2 aromatic carbocycles. The highest BCUT2D eigenvalue weighted by molar-refractivity contribution is 6.66. The molecule has 2 aromatic rings. The van der Waals surface area contributed by atoms with E-state index in [1.54, 1.807) is 0 Å². The fourth-order valence-corrected chi connectivity index (χ4v) is 4.30. The second-order valence-corrected chi connectivity index (χ2v) is 10.6.